The molecule has 0 atom stereocenters. The third kappa shape index (κ3) is 3.53. The molecule has 0 bridgehead atoms. The van der Waals surface area contributed by atoms with Crippen molar-refractivity contribution in [1.82, 2.24) is 9.78 Å². The molecule has 1 fully saturated rings. The van der Waals surface area contributed by atoms with Crippen LogP contribution in [0, 0.1) is 5.82 Å². The quantitative estimate of drug-likeness (QED) is 0.542. The lowest BCUT2D eigenvalue weighted by atomic mass is 10.0. The number of Topliss-reactive ketones (excluding diaryl/α,β-unsaturated/α-hetero) is 1. The minimum atomic E-state index is -0.596. The molecule has 3 heterocycles. The van der Waals surface area contributed by atoms with Crippen molar-refractivity contribution in [3.63, 3.8) is 0 Å². The fourth-order valence-electron chi connectivity index (χ4n) is 4.60. The molecule has 2 aliphatic heterocycles. The first-order valence-electron chi connectivity index (χ1n) is 11.1. The summed E-state index contributed by atoms with van der Waals surface area (Å²) >= 11 is 0. The summed E-state index contributed by atoms with van der Waals surface area (Å²) in [5, 5.41) is 4.38. The van der Waals surface area contributed by atoms with E-state index < -0.39 is 5.82 Å². The Morgan fingerprint density at radius 1 is 0.971 bits per heavy atom. The van der Waals surface area contributed by atoms with Gasteiger partial charge in [-0.05, 0) is 49.2 Å². The van der Waals surface area contributed by atoms with E-state index >= 15 is 0 Å². The third-order valence-electron chi connectivity index (χ3n) is 6.28. The molecule has 3 aromatic rings. The van der Waals surface area contributed by atoms with Gasteiger partial charge < -0.3 is 14.5 Å². The summed E-state index contributed by atoms with van der Waals surface area (Å²) in [6, 6.07) is 11.6. The van der Waals surface area contributed by atoms with Gasteiger partial charge in [0.05, 0.1) is 12.8 Å². The number of ketones is 1. The molecular weight excluding hydrogens is 439 g/mol. The van der Waals surface area contributed by atoms with E-state index in [4.69, 9.17) is 4.74 Å². The Bertz CT molecular complexity index is 1320. The van der Waals surface area contributed by atoms with Crippen LogP contribution in [0.5, 0.6) is 5.75 Å². The van der Waals surface area contributed by atoms with Crippen molar-refractivity contribution in [2.75, 3.05) is 30.0 Å². The standard InChI is InChI=1S/C25H23FN4O4/c1-15(31)23-19-11-13-29(17-7-5-16(6-8-17)28-12-3-4-22(28)32)25(33)24(19)30(27-23)18-9-10-21(34-2)20(26)14-18/h5-10,14H,3-4,11-13H2,1-2H3. The number of hydrogen-bond acceptors (Lipinski definition) is 5. The van der Waals surface area contributed by atoms with E-state index in [1.54, 1.807) is 15.9 Å². The third-order valence-corrected chi connectivity index (χ3v) is 6.28. The number of carbonyl (C=O) groups is 3. The molecule has 8 nitrogen and oxygen atoms in total. The van der Waals surface area contributed by atoms with Crippen LogP contribution in [-0.4, -0.2) is 47.6 Å². The summed E-state index contributed by atoms with van der Waals surface area (Å²) in [4.78, 5) is 41.3. The van der Waals surface area contributed by atoms with Gasteiger partial charge in [0.25, 0.3) is 5.91 Å². The molecule has 0 radical (unpaired) electrons. The topological polar surface area (TPSA) is 84.7 Å². The number of anilines is 2. The Morgan fingerprint density at radius 2 is 1.65 bits per heavy atom. The smallest absolute Gasteiger partial charge is 0.277 e. The van der Waals surface area contributed by atoms with Crippen LogP contribution in [0.2, 0.25) is 0 Å². The molecule has 174 valence electrons. The fourth-order valence-corrected chi connectivity index (χ4v) is 4.60. The van der Waals surface area contributed by atoms with Crippen LogP contribution in [0.1, 0.15) is 46.3 Å². The maximum atomic E-state index is 14.4. The first kappa shape index (κ1) is 21.8. The normalized spacial score (nSPS) is 15.6. The number of amides is 2. The van der Waals surface area contributed by atoms with Gasteiger partial charge in [0.15, 0.2) is 17.3 Å². The summed E-state index contributed by atoms with van der Waals surface area (Å²) in [5.41, 5.74) is 2.80. The number of nitrogens with zero attached hydrogens (tertiary/aromatic N) is 4. The maximum absolute atomic E-state index is 14.4. The number of fused-ring (bicyclic) bond motifs is 1. The second-order valence-corrected chi connectivity index (χ2v) is 8.33. The number of aromatic nitrogens is 2. The molecule has 0 unspecified atom stereocenters. The zero-order valence-electron chi connectivity index (χ0n) is 18.9. The van der Waals surface area contributed by atoms with E-state index in [2.05, 4.69) is 5.10 Å². The highest BCUT2D eigenvalue weighted by atomic mass is 19.1. The van der Waals surface area contributed by atoms with Crippen LogP contribution < -0.4 is 14.5 Å². The van der Waals surface area contributed by atoms with Gasteiger partial charge in [0.2, 0.25) is 5.91 Å². The van der Waals surface area contributed by atoms with Gasteiger partial charge >= 0.3 is 0 Å². The molecule has 9 heteroatoms. The Hall–Kier alpha value is -4.01. The van der Waals surface area contributed by atoms with E-state index in [1.807, 2.05) is 24.3 Å². The molecular formula is C25H23FN4O4. The zero-order chi connectivity index (χ0) is 24.0. The molecule has 0 N–H and O–H groups in total. The lowest BCUT2D eigenvalue weighted by Gasteiger charge is -2.28. The van der Waals surface area contributed by atoms with Crippen molar-refractivity contribution >= 4 is 29.0 Å². The van der Waals surface area contributed by atoms with Gasteiger partial charge in [-0.25, -0.2) is 9.07 Å². The van der Waals surface area contributed by atoms with Gasteiger partial charge in [-0.2, -0.15) is 5.10 Å². The molecule has 0 saturated carbocycles. The predicted molar refractivity (Wildman–Crippen MR) is 123 cm³/mol. The van der Waals surface area contributed by atoms with Crippen LogP contribution in [0.25, 0.3) is 5.69 Å². The number of benzene rings is 2. The minimum Gasteiger partial charge on any atom is -0.494 e. The molecule has 0 aliphatic carbocycles. The monoisotopic (exact) mass is 462 g/mol. The Balaban J connectivity index is 1.53. The van der Waals surface area contributed by atoms with Crippen molar-refractivity contribution in [3.8, 4) is 11.4 Å². The number of hydrogen-bond donors (Lipinski definition) is 0. The van der Waals surface area contributed by atoms with E-state index in [1.165, 1.54) is 30.8 Å². The first-order valence-corrected chi connectivity index (χ1v) is 11.1. The van der Waals surface area contributed by atoms with Gasteiger partial charge in [0, 0.05) is 49.4 Å². The fraction of sp³-hybridized carbons (Fsp3) is 0.280. The van der Waals surface area contributed by atoms with E-state index in [0.29, 0.717) is 42.9 Å². The highest BCUT2D eigenvalue weighted by Crippen LogP contribution is 2.31. The number of ether oxygens (including phenoxy) is 1. The average molecular weight is 462 g/mol. The van der Waals surface area contributed by atoms with Crippen molar-refractivity contribution < 1.29 is 23.5 Å². The highest BCUT2D eigenvalue weighted by Gasteiger charge is 2.34. The van der Waals surface area contributed by atoms with Crippen molar-refractivity contribution in [2.45, 2.75) is 26.2 Å². The van der Waals surface area contributed by atoms with E-state index in [9.17, 15) is 18.8 Å². The van der Waals surface area contributed by atoms with Crippen LogP contribution in [0.15, 0.2) is 42.5 Å². The molecule has 2 aliphatic rings. The second-order valence-electron chi connectivity index (χ2n) is 8.33. The van der Waals surface area contributed by atoms with Gasteiger partial charge in [0.1, 0.15) is 11.4 Å². The van der Waals surface area contributed by atoms with Crippen molar-refractivity contribution in [2.24, 2.45) is 0 Å². The summed E-state index contributed by atoms with van der Waals surface area (Å²) in [6.45, 7) is 2.46. The lowest BCUT2D eigenvalue weighted by molar-refractivity contribution is -0.117. The SMILES string of the molecule is COc1ccc(-n2nc(C(C)=O)c3c2C(=O)N(c2ccc(N4CCCC4=O)cc2)CC3)cc1F. The zero-order valence-corrected chi connectivity index (χ0v) is 18.9. The van der Waals surface area contributed by atoms with Gasteiger partial charge in [-0.15, -0.1) is 0 Å². The van der Waals surface area contributed by atoms with Crippen LogP contribution in [0.3, 0.4) is 0 Å². The molecule has 1 saturated heterocycles. The van der Waals surface area contributed by atoms with Crippen LogP contribution in [-0.2, 0) is 11.2 Å². The Morgan fingerprint density at radius 3 is 2.24 bits per heavy atom. The largest absolute Gasteiger partial charge is 0.494 e. The van der Waals surface area contributed by atoms with Crippen molar-refractivity contribution in [3.05, 3.63) is 65.2 Å². The summed E-state index contributed by atoms with van der Waals surface area (Å²) in [7, 11) is 1.37. The summed E-state index contributed by atoms with van der Waals surface area (Å²) < 4.78 is 20.7. The van der Waals surface area contributed by atoms with E-state index in [-0.39, 0.29) is 34.7 Å². The lowest BCUT2D eigenvalue weighted by Crippen LogP contribution is -2.39. The Kier molecular flexibility index (Phi) is 5.39. The van der Waals surface area contributed by atoms with Gasteiger partial charge in [-0.1, -0.05) is 0 Å². The number of halogens is 1. The molecule has 2 aromatic carbocycles. The Labute approximate surface area is 195 Å². The summed E-state index contributed by atoms with van der Waals surface area (Å²) in [6.07, 6.45) is 1.81. The maximum Gasteiger partial charge on any atom is 0.277 e. The molecule has 2 amide bonds. The second kappa shape index (κ2) is 8.40. The number of carbonyl (C=O) groups excluding carboxylic acids is 3. The summed E-state index contributed by atoms with van der Waals surface area (Å²) in [5.74, 6) is -1.02. The van der Waals surface area contributed by atoms with Crippen LogP contribution >= 0.6 is 0 Å². The first-order chi connectivity index (χ1) is 16.4. The van der Waals surface area contributed by atoms with Gasteiger partial charge in [-0.3, -0.25) is 14.4 Å². The predicted octanol–water partition coefficient (Wildman–Crippen LogP) is 3.55. The van der Waals surface area contributed by atoms with E-state index in [0.717, 1.165) is 12.1 Å². The molecule has 34 heavy (non-hydrogen) atoms. The molecule has 0 spiro atoms. The highest BCUT2D eigenvalue weighted by molar-refractivity contribution is 6.09. The number of rotatable bonds is 5. The average Bonchev–Trinajstić information content (AvgIpc) is 3.44. The van der Waals surface area contributed by atoms with Crippen LogP contribution in [0.4, 0.5) is 15.8 Å². The molecule has 5 rings (SSSR count). The molecule has 1 aromatic heterocycles. The number of methoxy groups -OCH3 is 1. The van der Waals surface area contributed by atoms with Crippen molar-refractivity contribution in [1.29, 1.82) is 0 Å². The minimum absolute atomic E-state index is 0.0705.